The molecule has 0 N–H and O–H groups in total. The number of carbonyl (C=O) groups excluding carboxylic acids is 2. The first-order chi connectivity index (χ1) is 12.0. The van der Waals surface area contributed by atoms with E-state index in [-0.39, 0.29) is 36.0 Å². The maximum Gasteiger partial charge on any atom is 0.231 e. The highest BCUT2D eigenvalue weighted by atomic mass is 16.7. The number of benzene rings is 1. The van der Waals surface area contributed by atoms with E-state index in [1.165, 1.54) is 7.11 Å². The van der Waals surface area contributed by atoms with Gasteiger partial charge in [0.05, 0.1) is 18.4 Å². The number of ketones is 2. The molecule has 130 valence electrons. The van der Waals surface area contributed by atoms with Crippen LogP contribution in [0.3, 0.4) is 0 Å². The van der Waals surface area contributed by atoms with Crippen molar-refractivity contribution in [1.82, 2.24) is 0 Å². The molecule has 1 unspecified atom stereocenters. The Morgan fingerprint density at radius 2 is 2.08 bits per heavy atom. The highest BCUT2D eigenvalue weighted by molar-refractivity contribution is 6.17. The molecule has 1 fully saturated rings. The van der Waals surface area contributed by atoms with Gasteiger partial charge in [0.2, 0.25) is 12.6 Å². The van der Waals surface area contributed by atoms with Gasteiger partial charge in [0.15, 0.2) is 23.0 Å². The lowest BCUT2D eigenvalue weighted by Crippen LogP contribution is -2.38. The predicted octanol–water partition coefficient (Wildman–Crippen LogP) is 3.01. The molecule has 0 saturated heterocycles. The van der Waals surface area contributed by atoms with Crippen LogP contribution >= 0.6 is 0 Å². The number of hydrogen-bond donors (Lipinski definition) is 0. The van der Waals surface area contributed by atoms with Crippen molar-refractivity contribution >= 4 is 11.6 Å². The number of ether oxygens (including phenoxy) is 3. The van der Waals surface area contributed by atoms with Crippen molar-refractivity contribution in [2.24, 2.45) is 17.3 Å². The van der Waals surface area contributed by atoms with Gasteiger partial charge in [0.1, 0.15) is 0 Å². The van der Waals surface area contributed by atoms with Crippen LogP contribution in [-0.4, -0.2) is 25.5 Å². The molecule has 5 nitrogen and oxygen atoms in total. The van der Waals surface area contributed by atoms with Crippen molar-refractivity contribution in [2.75, 3.05) is 13.9 Å². The minimum Gasteiger partial charge on any atom is -0.493 e. The van der Waals surface area contributed by atoms with Gasteiger partial charge in [0, 0.05) is 5.92 Å². The minimum absolute atomic E-state index is 0.0339. The Hall–Kier alpha value is -2.56. The van der Waals surface area contributed by atoms with Crippen LogP contribution in [-0.2, 0) is 14.3 Å². The molecule has 0 radical (unpaired) electrons. The number of Topliss-reactive ketones (excluding diaryl/α,β-unsaturated/α-hetero) is 2. The lowest BCUT2D eigenvalue weighted by molar-refractivity contribution is -0.136. The van der Waals surface area contributed by atoms with E-state index in [2.05, 4.69) is 6.58 Å². The summed E-state index contributed by atoms with van der Waals surface area (Å²) in [5.41, 5.74) is 0.173. The van der Waals surface area contributed by atoms with Crippen molar-refractivity contribution in [2.45, 2.75) is 19.3 Å². The third kappa shape index (κ3) is 2.01. The van der Waals surface area contributed by atoms with Gasteiger partial charge in [0.25, 0.3) is 0 Å². The molecule has 0 amide bonds. The standard InChI is InChI=1S/C20H20O5/c1-4-7-20-9-15(23-3)18(21)17(19(20)22)16(11(20)2)12-5-6-13-14(8-12)25-10-24-13/h4-6,8-9,11,16-17H,1,7,10H2,2-3H3/t11-,16?,17+,20+/m0/s1. The molecular formula is C20H20O5. The Morgan fingerprint density at radius 1 is 1.32 bits per heavy atom. The number of allylic oxidation sites excluding steroid dienone is 3. The van der Waals surface area contributed by atoms with Crippen LogP contribution in [0.25, 0.3) is 0 Å². The van der Waals surface area contributed by atoms with Gasteiger partial charge in [-0.2, -0.15) is 0 Å². The molecule has 25 heavy (non-hydrogen) atoms. The summed E-state index contributed by atoms with van der Waals surface area (Å²) in [7, 11) is 1.47. The molecule has 1 aromatic carbocycles. The average molecular weight is 340 g/mol. The molecule has 1 heterocycles. The zero-order chi connectivity index (χ0) is 17.8. The van der Waals surface area contributed by atoms with Gasteiger partial charge in [-0.25, -0.2) is 0 Å². The van der Waals surface area contributed by atoms with E-state index in [1.807, 2.05) is 25.1 Å². The summed E-state index contributed by atoms with van der Waals surface area (Å²) >= 11 is 0. The molecule has 5 heteroatoms. The second kappa shape index (κ2) is 5.48. The largest absolute Gasteiger partial charge is 0.493 e. The molecule has 0 spiro atoms. The Balaban J connectivity index is 1.84. The first-order valence-electron chi connectivity index (χ1n) is 8.39. The molecule has 1 aromatic rings. The molecule has 1 saturated carbocycles. The van der Waals surface area contributed by atoms with Gasteiger partial charge in [-0.05, 0) is 36.1 Å². The summed E-state index contributed by atoms with van der Waals surface area (Å²) in [5, 5.41) is 0. The number of carbonyl (C=O) groups is 2. The molecule has 2 bridgehead atoms. The second-order valence-corrected chi connectivity index (χ2v) is 6.88. The highest BCUT2D eigenvalue weighted by Crippen LogP contribution is 2.59. The van der Waals surface area contributed by atoms with E-state index >= 15 is 0 Å². The van der Waals surface area contributed by atoms with Crippen molar-refractivity contribution in [3.05, 3.63) is 48.3 Å². The summed E-state index contributed by atoms with van der Waals surface area (Å²) in [6.07, 6.45) is 3.95. The van der Waals surface area contributed by atoms with Crippen molar-refractivity contribution < 1.29 is 23.8 Å². The Morgan fingerprint density at radius 3 is 2.80 bits per heavy atom. The fourth-order valence-corrected chi connectivity index (χ4v) is 4.57. The molecule has 4 atom stereocenters. The van der Waals surface area contributed by atoms with E-state index < -0.39 is 11.3 Å². The number of hydrogen-bond acceptors (Lipinski definition) is 5. The van der Waals surface area contributed by atoms with Crippen LogP contribution in [0.1, 0.15) is 24.8 Å². The van der Waals surface area contributed by atoms with Gasteiger partial charge in [-0.15, -0.1) is 6.58 Å². The normalized spacial score (nSPS) is 32.6. The van der Waals surface area contributed by atoms with E-state index in [0.717, 1.165) is 5.56 Å². The fraction of sp³-hybridized carbons (Fsp3) is 0.400. The number of methoxy groups -OCH3 is 1. The van der Waals surface area contributed by atoms with Crippen LogP contribution in [0, 0.1) is 17.3 Å². The van der Waals surface area contributed by atoms with Crippen LogP contribution < -0.4 is 9.47 Å². The molecular weight excluding hydrogens is 320 g/mol. The summed E-state index contributed by atoms with van der Waals surface area (Å²) in [6.45, 7) is 6.02. The van der Waals surface area contributed by atoms with Gasteiger partial charge < -0.3 is 14.2 Å². The molecule has 0 aromatic heterocycles. The zero-order valence-electron chi connectivity index (χ0n) is 14.3. The van der Waals surface area contributed by atoms with Crippen LogP contribution in [0.15, 0.2) is 42.7 Å². The third-order valence-electron chi connectivity index (χ3n) is 5.85. The number of fused-ring (bicyclic) bond motifs is 3. The number of rotatable bonds is 4. The maximum atomic E-state index is 13.2. The first-order valence-corrected chi connectivity index (χ1v) is 8.39. The molecule has 3 aliphatic rings. The topological polar surface area (TPSA) is 61.8 Å². The van der Waals surface area contributed by atoms with Gasteiger partial charge >= 0.3 is 0 Å². The van der Waals surface area contributed by atoms with Crippen LogP contribution in [0.2, 0.25) is 0 Å². The lowest BCUT2D eigenvalue weighted by Gasteiger charge is -2.31. The Labute approximate surface area is 146 Å². The van der Waals surface area contributed by atoms with Crippen LogP contribution in [0.5, 0.6) is 11.5 Å². The van der Waals surface area contributed by atoms with Crippen molar-refractivity contribution in [3.8, 4) is 11.5 Å². The average Bonchev–Trinajstić information content (AvgIpc) is 3.13. The Bertz CT molecular complexity index is 808. The predicted molar refractivity (Wildman–Crippen MR) is 90.3 cm³/mol. The minimum atomic E-state index is -0.743. The summed E-state index contributed by atoms with van der Waals surface area (Å²) in [4.78, 5) is 26.0. The van der Waals surface area contributed by atoms with E-state index in [1.54, 1.807) is 12.2 Å². The van der Waals surface area contributed by atoms with Gasteiger partial charge in [-0.1, -0.05) is 19.1 Å². The Kier molecular flexibility index (Phi) is 3.49. The van der Waals surface area contributed by atoms with E-state index in [9.17, 15) is 9.59 Å². The van der Waals surface area contributed by atoms with Crippen molar-refractivity contribution in [3.63, 3.8) is 0 Å². The lowest BCUT2D eigenvalue weighted by atomic mass is 9.71. The van der Waals surface area contributed by atoms with Crippen LogP contribution in [0.4, 0.5) is 0 Å². The maximum absolute atomic E-state index is 13.2. The second-order valence-electron chi connectivity index (χ2n) is 6.88. The van der Waals surface area contributed by atoms with E-state index in [4.69, 9.17) is 14.2 Å². The zero-order valence-corrected chi connectivity index (χ0v) is 14.3. The SMILES string of the molecule is C=CC[C@]12C=C(OC)C(=O)[C@H](C1=O)C(c1ccc3c(c1)OCO3)[C@@H]2C. The summed E-state index contributed by atoms with van der Waals surface area (Å²) in [6, 6.07) is 5.65. The molecule has 4 rings (SSSR count). The highest BCUT2D eigenvalue weighted by Gasteiger charge is 2.62. The van der Waals surface area contributed by atoms with Crippen molar-refractivity contribution in [1.29, 1.82) is 0 Å². The third-order valence-corrected chi connectivity index (χ3v) is 5.85. The molecule has 1 aliphatic heterocycles. The van der Waals surface area contributed by atoms with E-state index in [0.29, 0.717) is 17.9 Å². The van der Waals surface area contributed by atoms with Gasteiger partial charge in [-0.3, -0.25) is 9.59 Å². The quantitative estimate of drug-likeness (QED) is 0.623. The monoisotopic (exact) mass is 340 g/mol. The fourth-order valence-electron chi connectivity index (χ4n) is 4.57. The summed E-state index contributed by atoms with van der Waals surface area (Å²) in [5.74, 6) is 0.345. The first kappa shape index (κ1) is 15.9. The summed E-state index contributed by atoms with van der Waals surface area (Å²) < 4.78 is 16.1. The molecule has 2 aliphatic carbocycles. The smallest absolute Gasteiger partial charge is 0.231 e.